The first kappa shape index (κ1) is 29.8. The number of nitrogens with zero attached hydrogens (tertiary/aromatic N) is 3. The van der Waals surface area contributed by atoms with Crippen LogP contribution in [0.1, 0.15) is 0 Å². The summed E-state index contributed by atoms with van der Waals surface area (Å²) in [5.74, 6) is 0. The maximum absolute atomic E-state index is 6.52. The van der Waals surface area contributed by atoms with Crippen molar-refractivity contribution in [2.75, 3.05) is 9.80 Å². The lowest BCUT2D eigenvalue weighted by molar-refractivity contribution is 0.669. The number of rotatable bonds is 7. The number of anilines is 6. The van der Waals surface area contributed by atoms with Crippen molar-refractivity contribution in [3.63, 3.8) is 0 Å². The van der Waals surface area contributed by atoms with Crippen LogP contribution in [0.4, 0.5) is 34.1 Å². The van der Waals surface area contributed by atoms with Crippen LogP contribution in [0.5, 0.6) is 0 Å². The fourth-order valence-electron chi connectivity index (χ4n) is 7.64. The van der Waals surface area contributed by atoms with Gasteiger partial charge in [-0.2, -0.15) is 0 Å². The van der Waals surface area contributed by atoms with Crippen LogP contribution in [0.3, 0.4) is 0 Å². The van der Waals surface area contributed by atoms with Gasteiger partial charge in [-0.1, -0.05) is 103 Å². The monoisotopic (exact) mass is 667 g/mol. The van der Waals surface area contributed by atoms with Crippen molar-refractivity contribution in [3.05, 3.63) is 200 Å². The molecule has 246 valence electrons. The van der Waals surface area contributed by atoms with Gasteiger partial charge in [-0.3, -0.25) is 0 Å². The van der Waals surface area contributed by atoms with E-state index in [2.05, 4.69) is 202 Å². The van der Waals surface area contributed by atoms with Gasteiger partial charge < -0.3 is 18.8 Å². The molecule has 10 aromatic rings. The molecular formula is C48H33N3O. The van der Waals surface area contributed by atoms with Gasteiger partial charge >= 0.3 is 0 Å². The molecule has 0 amide bonds. The summed E-state index contributed by atoms with van der Waals surface area (Å²) in [6.07, 6.45) is 0. The largest absolute Gasteiger partial charge is 0.454 e. The lowest BCUT2D eigenvalue weighted by Crippen LogP contribution is -2.10. The fourth-order valence-corrected chi connectivity index (χ4v) is 7.64. The first-order valence-corrected chi connectivity index (χ1v) is 17.6. The average Bonchev–Trinajstić information content (AvgIpc) is 3.76. The quantitative estimate of drug-likeness (QED) is 0.169. The smallest absolute Gasteiger partial charge is 0.159 e. The summed E-state index contributed by atoms with van der Waals surface area (Å²) in [5, 5.41) is 4.64. The van der Waals surface area contributed by atoms with Crippen molar-refractivity contribution in [2.24, 2.45) is 0 Å². The Morgan fingerprint density at radius 3 is 1.56 bits per heavy atom. The second kappa shape index (κ2) is 12.4. The van der Waals surface area contributed by atoms with Crippen molar-refractivity contribution < 1.29 is 4.42 Å². The molecule has 4 heteroatoms. The highest BCUT2D eigenvalue weighted by Gasteiger charge is 2.21. The number of fused-ring (bicyclic) bond motifs is 6. The van der Waals surface area contributed by atoms with E-state index in [0.29, 0.717) is 0 Å². The molecule has 0 aliphatic carbocycles. The Kier molecular flexibility index (Phi) is 7.10. The molecule has 0 aliphatic heterocycles. The number of furan rings is 1. The number of para-hydroxylation sites is 6. The summed E-state index contributed by atoms with van der Waals surface area (Å²) in [4.78, 5) is 4.61. The van der Waals surface area contributed by atoms with Crippen molar-refractivity contribution in [1.82, 2.24) is 4.57 Å². The Hall–Kier alpha value is -7.04. The molecule has 0 radical (unpaired) electrons. The van der Waals surface area contributed by atoms with E-state index in [1.807, 2.05) is 12.1 Å². The van der Waals surface area contributed by atoms with Gasteiger partial charge in [-0.05, 0) is 97.1 Å². The van der Waals surface area contributed by atoms with Gasteiger partial charge in [0, 0.05) is 55.7 Å². The lowest BCUT2D eigenvalue weighted by Gasteiger charge is -2.26. The molecule has 0 saturated carbocycles. The SMILES string of the molecule is c1ccc(N(c2ccccc2)c2ccc3c(c2)c2ccccc2n3-c2ccc(N(c3ccccc3)c3cccc4c3oc3ccccc34)cc2)cc1. The van der Waals surface area contributed by atoms with Crippen LogP contribution in [-0.4, -0.2) is 4.57 Å². The van der Waals surface area contributed by atoms with Crippen molar-refractivity contribution in [3.8, 4) is 5.69 Å². The standard InChI is InChI=1S/C48H33N3O/c1-4-15-34(16-5-1)49(35-17-6-2-7-18-35)39-31-32-45-43(33-39)40-21-10-12-24-44(40)51(45)38-29-27-37(28-30-38)50(36-19-8-3-9-20-36)46-25-14-23-42-41-22-11-13-26-47(41)52-48(42)46/h1-33H. The van der Waals surface area contributed by atoms with E-state index in [1.54, 1.807) is 0 Å². The molecule has 0 atom stereocenters. The summed E-state index contributed by atoms with van der Waals surface area (Å²) < 4.78 is 8.90. The minimum Gasteiger partial charge on any atom is -0.454 e. The van der Waals surface area contributed by atoms with Crippen LogP contribution in [0.2, 0.25) is 0 Å². The normalized spacial score (nSPS) is 11.5. The Morgan fingerprint density at radius 2 is 0.865 bits per heavy atom. The molecule has 0 fully saturated rings. The van der Waals surface area contributed by atoms with Gasteiger partial charge in [0.05, 0.1) is 16.7 Å². The van der Waals surface area contributed by atoms with Crippen LogP contribution < -0.4 is 9.80 Å². The Labute approximate surface area is 301 Å². The number of hydrogen-bond acceptors (Lipinski definition) is 3. The molecule has 0 unspecified atom stereocenters. The van der Waals surface area contributed by atoms with E-state index >= 15 is 0 Å². The van der Waals surface area contributed by atoms with E-state index in [4.69, 9.17) is 4.42 Å². The molecule has 52 heavy (non-hydrogen) atoms. The van der Waals surface area contributed by atoms with Gasteiger partial charge in [0.1, 0.15) is 5.58 Å². The summed E-state index contributed by atoms with van der Waals surface area (Å²) in [7, 11) is 0. The molecule has 0 saturated heterocycles. The third kappa shape index (κ3) is 4.92. The van der Waals surface area contributed by atoms with E-state index in [9.17, 15) is 0 Å². The van der Waals surface area contributed by atoms with Crippen LogP contribution >= 0.6 is 0 Å². The van der Waals surface area contributed by atoms with Gasteiger partial charge in [-0.15, -0.1) is 0 Å². The van der Waals surface area contributed by atoms with Crippen LogP contribution in [-0.2, 0) is 0 Å². The zero-order valence-electron chi connectivity index (χ0n) is 28.3. The average molecular weight is 668 g/mol. The molecule has 8 aromatic carbocycles. The molecule has 2 aromatic heterocycles. The van der Waals surface area contributed by atoms with Crippen LogP contribution in [0.25, 0.3) is 49.4 Å². The minimum atomic E-state index is 0.870. The van der Waals surface area contributed by atoms with Gasteiger partial charge in [-0.25, -0.2) is 0 Å². The number of aromatic nitrogens is 1. The van der Waals surface area contributed by atoms with E-state index in [1.165, 1.54) is 16.3 Å². The fraction of sp³-hybridized carbons (Fsp3) is 0. The van der Waals surface area contributed by atoms with Gasteiger partial charge in [0.25, 0.3) is 0 Å². The molecule has 0 N–H and O–H groups in total. The molecule has 0 spiro atoms. The number of benzene rings is 8. The van der Waals surface area contributed by atoms with Crippen LogP contribution in [0.15, 0.2) is 205 Å². The van der Waals surface area contributed by atoms with Crippen molar-refractivity contribution >= 4 is 77.9 Å². The van der Waals surface area contributed by atoms with E-state index in [0.717, 1.165) is 67.3 Å². The zero-order valence-corrected chi connectivity index (χ0v) is 28.3. The Bertz CT molecular complexity index is 2800. The topological polar surface area (TPSA) is 24.6 Å². The molecule has 4 nitrogen and oxygen atoms in total. The third-order valence-corrected chi connectivity index (χ3v) is 9.95. The highest BCUT2D eigenvalue weighted by molar-refractivity contribution is 6.11. The molecule has 0 bridgehead atoms. The van der Waals surface area contributed by atoms with Crippen LogP contribution in [0, 0.1) is 0 Å². The Balaban J connectivity index is 1.11. The highest BCUT2D eigenvalue weighted by atomic mass is 16.3. The summed E-state index contributed by atoms with van der Waals surface area (Å²) in [6.45, 7) is 0. The second-order valence-electron chi connectivity index (χ2n) is 13.0. The van der Waals surface area contributed by atoms with E-state index < -0.39 is 0 Å². The van der Waals surface area contributed by atoms with Gasteiger partial charge in [0.15, 0.2) is 5.58 Å². The zero-order chi connectivity index (χ0) is 34.4. The minimum absolute atomic E-state index is 0.870. The maximum Gasteiger partial charge on any atom is 0.159 e. The molecular weight excluding hydrogens is 635 g/mol. The first-order valence-electron chi connectivity index (χ1n) is 17.6. The lowest BCUT2D eigenvalue weighted by atomic mass is 10.1. The second-order valence-corrected chi connectivity index (χ2v) is 13.0. The predicted octanol–water partition coefficient (Wildman–Crippen LogP) is 13.6. The van der Waals surface area contributed by atoms with Crippen molar-refractivity contribution in [2.45, 2.75) is 0 Å². The molecule has 0 aliphatic rings. The molecule has 2 heterocycles. The van der Waals surface area contributed by atoms with Crippen molar-refractivity contribution in [1.29, 1.82) is 0 Å². The Morgan fingerprint density at radius 1 is 0.346 bits per heavy atom. The third-order valence-electron chi connectivity index (χ3n) is 9.95. The first-order chi connectivity index (χ1) is 25.8. The summed E-state index contributed by atoms with van der Waals surface area (Å²) in [6, 6.07) is 70.7. The van der Waals surface area contributed by atoms with E-state index in [-0.39, 0.29) is 0 Å². The predicted molar refractivity (Wildman–Crippen MR) is 217 cm³/mol. The summed E-state index contributed by atoms with van der Waals surface area (Å²) >= 11 is 0. The highest BCUT2D eigenvalue weighted by Crippen LogP contribution is 2.43. The number of hydrogen-bond donors (Lipinski definition) is 0. The maximum atomic E-state index is 6.52. The van der Waals surface area contributed by atoms with Gasteiger partial charge in [0.2, 0.25) is 0 Å². The molecule has 10 rings (SSSR count). The summed E-state index contributed by atoms with van der Waals surface area (Å²) in [5.41, 5.74) is 11.6.